The summed E-state index contributed by atoms with van der Waals surface area (Å²) in [6, 6.07) is 0. The number of ether oxygens (including phenoxy) is 1. The van der Waals surface area contributed by atoms with Gasteiger partial charge in [-0.15, -0.1) is 6.54 Å². The van der Waals surface area contributed by atoms with Crippen LogP contribution in [0.1, 0.15) is 0 Å². The first kappa shape index (κ1) is 14.3. The molecule has 0 amide bonds. The summed E-state index contributed by atoms with van der Waals surface area (Å²) in [7, 11) is 7.72. The molecule has 5 heteroatoms. The Morgan fingerprint density at radius 3 is 2.64 bits per heavy atom. The van der Waals surface area contributed by atoms with Crippen molar-refractivity contribution in [1.29, 1.82) is 0 Å². The summed E-state index contributed by atoms with van der Waals surface area (Å²) in [5.41, 5.74) is 3.13. The number of nitrogens with zero attached hydrogens (tertiary/aromatic N) is 2. The van der Waals surface area contributed by atoms with Gasteiger partial charge in [0.15, 0.2) is 0 Å². The zero-order valence-corrected chi connectivity index (χ0v) is 12.1. The van der Waals surface area contributed by atoms with Gasteiger partial charge in [-0.25, -0.2) is 6.08 Å². The molecule has 1 heterocycles. The van der Waals surface area contributed by atoms with Gasteiger partial charge in [-0.05, 0) is 21.1 Å². The molecule has 0 aromatic carbocycles. The maximum absolute atomic E-state index is 5.36. The van der Waals surface area contributed by atoms with Gasteiger partial charge in [0.2, 0.25) is 0 Å². The summed E-state index contributed by atoms with van der Waals surface area (Å²) < 4.78 is 5.36. The Bertz CT molecular complexity index is 187. The van der Waals surface area contributed by atoms with E-state index in [0.29, 0.717) is 0 Å². The normalized spacial score (nSPS) is 27.8. The number of nitrogens with one attached hydrogen (secondary N) is 1. The van der Waals surface area contributed by atoms with Crippen molar-refractivity contribution in [2.75, 3.05) is 34.8 Å². The van der Waals surface area contributed by atoms with Crippen LogP contribution in [0.15, 0.2) is 6.08 Å². The second-order valence-electron chi connectivity index (χ2n) is 3.30. The van der Waals surface area contributed by atoms with Crippen molar-refractivity contribution >= 4 is 0 Å². The summed E-state index contributed by atoms with van der Waals surface area (Å²) in [5, 5.41) is 2.09. The standard InChI is InChI=1S/C9H18N3O.W/c1-10-12-7-5-6-8(13-4)9(12)11(2)3;/h6,8-10H,7H2,1-4H3;/q-1;/t8-,9-;/m1./s1. The average molecular weight is 368 g/mol. The Balaban J connectivity index is 0.00000169. The van der Waals surface area contributed by atoms with E-state index in [9.17, 15) is 0 Å². The van der Waals surface area contributed by atoms with Crippen molar-refractivity contribution in [3.63, 3.8) is 0 Å². The van der Waals surface area contributed by atoms with Crippen LogP contribution in [-0.4, -0.2) is 57.0 Å². The third-order valence-corrected chi connectivity index (χ3v) is 2.25. The van der Waals surface area contributed by atoms with Gasteiger partial charge in [-0.2, -0.15) is 0 Å². The monoisotopic (exact) mass is 368 g/mol. The molecule has 82 valence electrons. The molecule has 14 heavy (non-hydrogen) atoms. The minimum absolute atomic E-state index is 0. The van der Waals surface area contributed by atoms with E-state index in [1.165, 1.54) is 0 Å². The molecule has 0 unspecified atom stereocenters. The van der Waals surface area contributed by atoms with Crippen LogP contribution in [0.25, 0.3) is 0 Å². The fourth-order valence-corrected chi connectivity index (χ4v) is 1.60. The van der Waals surface area contributed by atoms with E-state index in [4.69, 9.17) is 4.74 Å². The van der Waals surface area contributed by atoms with E-state index < -0.39 is 0 Å². The third-order valence-electron chi connectivity index (χ3n) is 2.25. The molecule has 2 atom stereocenters. The Hall–Kier alpha value is 0.268. The van der Waals surface area contributed by atoms with Crippen molar-refractivity contribution in [2.45, 2.75) is 12.3 Å². The van der Waals surface area contributed by atoms with Crippen LogP contribution in [0.5, 0.6) is 0 Å². The van der Waals surface area contributed by atoms with Gasteiger partial charge >= 0.3 is 0 Å². The fourth-order valence-electron chi connectivity index (χ4n) is 1.60. The van der Waals surface area contributed by atoms with Gasteiger partial charge in [0, 0.05) is 28.2 Å². The van der Waals surface area contributed by atoms with E-state index >= 15 is 0 Å². The second kappa shape index (κ2) is 6.70. The van der Waals surface area contributed by atoms with E-state index in [0.717, 1.165) is 6.54 Å². The first-order valence-electron chi connectivity index (χ1n) is 4.40. The SMILES string of the molecule is CNN1C[C-]=C[C@@H](OC)[C@@H]1N(C)C.[W]. The molecule has 0 radical (unpaired) electrons. The predicted molar refractivity (Wildman–Crippen MR) is 51.9 cm³/mol. The van der Waals surface area contributed by atoms with Crippen LogP contribution < -0.4 is 5.43 Å². The second-order valence-corrected chi connectivity index (χ2v) is 3.30. The minimum Gasteiger partial charge on any atom is -0.482 e. The number of methoxy groups -OCH3 is 1. The van der Waals surface area contributed by atoms with Crippen molar-refractivity contribution in [1.82, 2.24) is 15.3 Å². The average Bonchev–Trinajstić information content (AvgIpc) is 2.16. The first-order chi connectivity index (χ1) is 6.20. The molecular formula is C9H18N3OW-. The number of hydrazine groups is 1. The molecule has 1 aliphatic rings. The summed E-state index contributed by atoms with van der Waals surface area (Å²) in [5.74, 6) is 0. The van der Waals surface area contributed by atoms with Crippen LogP contribution in [0, 0.1) is 6.08 Å². The van der Waals surface area contributed by atoms with Gasteiger partial charge < -0.3 is 10.8 Å². The molecule has 0 aliphatic carbocycles. The molecule has 0 fully saturated rings. The maximum Gasteiger partial charge on any atom is 0.0999 e. The molecule has 1 rings (SSSR count). The Morgan fingerprint density at radius 1 is 1.57 bits per heavy atom. The summed E-state index contributed by atoms with van der Waals surface area (Å²) >= 11 is 0. The van der Waals surface area contributed by atoms with Crippen LogP contribution in [-0.2, 0) is 25.8 Å². The van der Waals surface area contributed by atoms with Gasteiger partial charge in [-0.3, -0.25) is 15.3 Å². The summed E-state index contributed by atoms with van der Waals surface area (Å²) in [6.07, 6.45) is 5.46. The van der Waals surface area contributed by atoms with Crippen LogP contribution in [0.3, 0.4) is 0 Å². The molecule has 0 saturated heterocycles. The van der Waals surface area contributed by atoms with E-state index in [1.807, 2.05) is 27.2 Å². The summed E-state index contributed by atoms with van der Waals surface area (Å²) in [4.78, 5) is 2.13. The largest absolute Gasteiger partial charge is 0.482 e. The van der Waals surface area contributed by atoms with Crippen molar-refractivity contribution < 1.29 is 25.8 Å². The van der Waals surface area contributed by atoms with E-state index in [-0.39, 0.29) is 33.3 Å². The molecule has 0 aromatic rings. The van der Waals surface area contributed by atoms with E-state index in [2.05, 4.69) is 21.4 Å². The summed E-state index contributed by atoms with van der Waals surface area (Å²) in [6.45, 7) is 0.791. The Morgan fingerprint density at radius 2 is 2.21 bits per heavy atom. The van der Waals surface area contributed by atoms with Crippen molar-refractivity contribution in [3.05, 3.63) is 12.2 Å². The quantitative estimate of drug-likeness (QED) is 0.693. The van der Waals surface area contributed by atoms with Crippen molar-refractivity contribution in [2.24, 2.45) is 0 Å². The first-order valence-corrected chi connectivity index (χ1v) is 4.40. The number of likely N-dealkylation sites (N-methyl/N-ethyl adjacent to an activating group) is 1. The molecule has 0 saturated carbocycles. The zero-order valence-electron chi connectivity index (χ0n) is 9.15. The molecule has 0 aromatic heterocycles. The number of rotatable bonds is 3. The molecule has 4 nitrogen and oxygen atoms in total. The topological polar surface area (TPSA) is 27.7 Å². The number of hydrogen-bond acceptors (Lipinski definition) is 4. The maximum atomic E-state index is 5.36. The zero-order chi connectivity index (χ0) is 9.84. The Kier molecular flexibility index (Phi) is 6.83. The minimum atomic E-state index is 0. The van der Waals surface area contributed by atoms with Crippen molar-refractivity contribution in [3.8, 4) is 0 Å². The smallest absolute Gasteiger partial charge is 0.0999 e. The predicted octanol–water partition coefficient (Wildman–Crippen LogP) is -0.304. The molecular weight excluding hydrogens is 350 g/mol. The molecule has 0 bridgehead atoms. The molecule has 1 aliphatic heterocycles. The fraction of sp³-hybridized carbons (Fsp3) is 0.778. The number of hydrogen-bond donors (Lipinski definition) is 1. The third kappa shape index (κ3) is 3.14. The molecule has 1 N–H and O–H groups in total. The van der Waals surface area contributed by atoms with Crippen LogP contribution >= 0.6 is 0 Å². The van der Waals surface area contributed by atoms with Crippen LogP contribution in [0.4, 0.5) is 0 Å². The van der Waals surface area contributed by atoms with Gasteiger partial charge in [0.05, 0.1) is 12.3 Å². The van der Waals surface area contributed by atoms with Gasteiger partial charge in [0.25, 0.3) is 0 Å². The van der Waals surface area contributed by atoms with E-state index in [1.54, 1.807) is 7.11 Å². The van der Waals surface area contributed by atoms with Crippen LogP contribution in [0.2, 0.25) is 0 Å². The van der Waals surface area contributed by atoms with Gasteiger partial charge in [0.1, 0.15) is 0 Å². The Labute approximate surface area is 101 Å². The van der Waals surface area contributed by atoms with Gasteiger partial charge in [-0.1, -0.05) is 0 Å². The molecule has 0 spiro atoms.